The molecule has 1 fully saturated rings. The molecule has 4 amide bonds. The summed E-state index contributed by atoms with van der Waals surface area (Å²) < 4.78 is 9.89. The largest absolute Gasteiger partial charge is 0.482 e. The number of anilines is 1. The van der Waals surface area contributed by atoms with Crippen molar-refractivity contribution in [1.82, 2.24) is 15.2 Å². The molecule has 0 aliphatic carbocycles. The lowest BCUT2D eigenvalue weighted by molar-refractivity contribution is -0.142. The third-order valence-electron chi connectivity index (χ3n) is 6.46. The van der Waals surface area contributed by atoms with Crippen LogP contribution in [-0.4, -0.2) is 59.2 Å². The molecular weight excluding hydrogens is 536 g/mol. The van der Waals surface area contributed by atoms with Crippen LogP contribution in [0.2, 0.25) is 0 Å². The minimum absolute atomic E-state index is 0.162. The van der Waals surface area contributed by atoms with E-state index in [0.29, 0.717) is 11.3 Å². The van der Waals surface area contributed by atoms with Crippen LogP contribution in [0.1, 0.15) is 53.8 Å². The number of nitrogens with one attached hydrogen (secondary N) is 2. The minimum Gasteiger partial charge on any atom is -0.482 e. The molecule has 4 rings (SSSR count). The van der Waals surface area contributed by atoms with Crippen molar-refractivity contribution in [2.45, 2.75) is 38.3 Å². The molecule has 2 heterocycles. The standard InChI is InChI=1S/C28H28N4O7S/c1-4-21(33)20-15-40-27(29-20)31-25(35)24(16(2)17-8-6-5-7-9-17)32-26(36)23(30-28(32)37)18-10-12-19(13-11-18)39-14-22(34)38-3/h5-13,15-16,23-24H,4,14H2,1-3H3,(H,30,37)(H,29,31,35)/t16-,23?,24-/m0/s1. The van der Waals surface area contributed by atoms with Crippen molar-refractivity contribution in [3.8, 4) is 5.75 Å². The summed E-state index contributed by atoms with van der Waals surface area (Å²) in [6.07, 6.45) is 0.271. The maximum atomic E-state index is 13.6. The lowest BCUT2D eigenvalue weighted by atomic mass is 9.91. The smallest absolute Gasteiger partial charge is 0.343 e. The number of esters is 1. The van der Waals surface area contributed by atoms with Gasteiger partial charge in [0.25, 0.3) is 5.91 Å². The van der Waals surface area contributed by atoms with Gasteiger partial charge >= 0.3 is 12.0 Å². The van der Waals surface area contributed by atoms with E-state index in [-0.39, 0.29) is 29.6 Å². The normalized spacial score (nSPS) is 16.2. The predicted molar refractivity (Wildman–Crippen MR) is 146 cm³/mol. The second kappa shape index (κ2) is 12.5. The van der Waals surface area contributed by atoms with E-state index >= 15 is 0 Å². The average molecular weight is 565 g/mol. The molecule has 208 valence electrons. The third-order valence-corrected chi connectivity index (χ3v) is 7.21. The molecule has 12 heteroatoms. The Morgan fingerprint density at radius 1 is 1.10 bits per heavy atom. The van der Waals surface area contributed by atoms with Crippen LogP contribution >= 0.6 is 11.3 Å². The number of methoxy groups -OCH3 is 1. The molecule has 2 aromatic carbocycles. The SMILES string of the molecule is CCC(=O)c1csc(NC(=O)[C@H]([C@@H](C)c2ccccc2)N2C(=O)NC(c3ccc(OCC(=O)OC)cc3)C2=O)n1. The van der Waals surface area contributed by atoms with Gasteiger partial charge in [-0.05, 0) is 23.3 Å². The van der Waals surface area contributed by atoms with E-state index < -0.39 is 41.8 Å². The van der Waals surface area contributed by atoms with Crippen LogP contribution in [0.25, 0.3) is 0 Å². The van der Waals surface area contributed by atoms with Gasteiger partial charge in [0.1, 0.15) is 23.5 Å². The Hall–Kier alpha value is -4.58. The summed E-state index contributed by atoms with van der Waals surface area (Å²) in [6, 6.07) is 12.4. The zero-order chi connectivity index (χ0) is 28.8. The molecule has 0 saturated carbocycles. The van der Waals surface area contributed by atoms with E-state index in [9.17, 15) is 24.0 Å². The van der Waals surface area contributed by atoms with Crippen molar-refractivity contribution in [2.24, 2.45) is 0 Å². The van der Waals surface area contributed by atoms with E-state index in [4.69, 9.17) is 4.74 Å². The predicted octanol–water partition coefficient (Wildman–Crippen LogP) is 3.69. The van der Waals surface area contributed by atoms with E-state index in [1.165, 1.54) is 7.11 Å². The van der Waals surface area contributed by atoms with E-state index in [2.05, 4.69) is 20.4 Å². The number of imide groups is 1. The Bertz CT molecular complexity index is 1410. The Morgan fingerprint density at radius 3 is 2.45 bits per heavy atom. The molecule has 1 unspecified atom stereocenters. The quantitative estimate of drug-likeness (QED) is 0.204. The number of aromatic nitrogens is 1. The van der Waals surface area contributed by atoms with E-state index in [0.717, 1.165) is 21.8 Å². The van der Waals surface area contributed by atoms with Gasteiger partial charge in [0, 0.05) is 17.7 Å². The summed E-state index contributed by atoms with van der Waals surface area (Å²) in [6.45, 7) is 3.20. The first-order chi connectivity index (χ1) is 19.2. The summed E-state index contributed by atoms with van der Waals surface area (Å²) in [5.41, 5.74) is 1.46. The maximum Gasteiger partial charge on any atom is 0.343 e. The van der Waals surface area contributed by atoms with Gasteiger partial charge in [0.15, 0.2) is 17.5 Å². The van der Waals surface area contributed by atoms with Gasteiger partial charge in [-0.15, -0.1) is 11.3 Å². The Kier molecular flexibility index (Phi) is 8.90. The number of carbonyl (C=O) groups is 5. The zero-order valence-electron chi connectivity index (χ0n) is 22.1. The Balaban J connectivity index is 1.59. The zero-order valence-corrected chi connectivity index (χ0v) is 22.9. The number of rotatable bonds is 11. The fourth-order valence-electron chi connectivity index (χ4n) is 4.27. The second-order valence-electron chi connectivity index (χ2n) is 8.97. The number of ketones is 1. The lowest BCUT2D eigenvalue weighted by Gasteiger charge is -2.29. The van der Waals surface area contributed by atoms with Crippen LogP contribution in [0.4, 0.5) is 9.93 Å². The molecule has 3 atom stereocenters. The number of hydrogen-bond donors (Lipinski definition) is 2. The molecule has 1 aliphatic heterocycles. The fourth-order valence-corrected chi connectivity index (χ4v) is 4.99. The number of carbonyl (C=O) groups excluding carboxylic acids is 5. The van der Waals surface area contributed by atoms with Gasteiger partial charge < -0.3 is 20.1 Å². The van der Waals surface area contributed by atoms with Gasteiger partial charge in [-0.3, -0.25) is 14.4 Å². The molecular formula is C28H28N4O7S. The highest BCUT2D eigenvalue weighted by Crippen LogP contribution is 2.32. The first-order valence-electron chi connectivity index (χ1n) is 12.5. The number of Topliss-reactive ketones (excluding diaryl/α,β-unsaturated/α-hetero) is 1. The second-order valence-corrected chi connectivity index (χ2v) is 9.83. The highest BCUT2D eigenvalue weighted by atomic mass is 32.1. The number of thiazole rings is 1. The molecule has 0 radical (unpaired) electrons. The van der Waals surface area contributed by atoms with Crippen molar-refractivity contribution < 1.29 is 33.4 Å². The third kappa shape index (κ3) is 6.18. The number of benzene rings is 2. The molecule has 0 bridgehead atoms. The maximum absolute atomic E-state index is 13.6. The number of ether oxygens (including phenoxy) is 2. The van der Waals surface area contributed by atoms with Crippen LogP contribution in [0.3, 0.4) is 0 Å². The summed E-state index contributed by atoms with van der Waals surface area (Å²) >= 11 is 1.09. The van der Waals surface area contributed by atoms with Gasteiger partial charge in [0.05, 0.1) is 7.11 Å². The Labute approximate surface area is 234 Å². The molecule has 40 heavy (non-hydrogen) atoms. The van der Waals surface area contributed by atoms with Crippen LogP contribution < -0.4 is 15.4 Å². The first-order valence-corrected chi connectivity index (χ1v) is 13.4. The van der Waals surface area contributed by atoms with Crippen LogP contribution in [-0.2, 0) is 19.1 Å². The minimum atomic E-state index is -1.21. The summed E-state index contributed by atoms with van der Waals surface area (Å²) in [7, 11) is 1.25. The van der Waals surface area contributed by atoms with Gasteiger partial charge in [0.2, 0.25) is 5.91 Å². The van der Waals surface area contributed by atoms with Gasteiger partial charge in [-0.2, -0.15) is 0 Å². The molecule has 1 aliphatic rings. The highest BCUT2D eigenvalue weighted by molar-refractivity contribution is 7.14. The van der Waals surface area contributed by atoms with Crippen molar-refractivity contribution in [2.75, 3.05) is 19.0 Å². The van der Waals surface area contributed by atoms with Crippen molar-refractivity contribution in [3.05, 3.63) is 76.8 Å². The molecule has 3 aromatic rings. The van der Waals surface area contributed by atoms with Gasteiger partial charge in [-0.1, -0.05) is 56.3 Å². The Morgan fingerprint density at radius 2 is 1.80 bits per heavy atom. The van der Waals surface area contributed by atoms with Crippen molar-refractivity contribution >= 4 is 46.1 Å². The number of hydrogen-bond acceptors (Lipinski definition) is 9. The van der Waals surface area contributed by atoms with Crippen molar-refractivity contribution in [1.29, 1.82) is 0 Å². The molecule has 0 spiro atoms. The van der Waals surface area contributed by atoms with Crippen LogP contribution in [0, 0.1) is 0 Å². The van der Waals surface area contributed by atoms with E-state index in [1.807, 2.05) is 30.3 Å². The molecule has 1 saturated heterocycles. The molecule has 2 N–H and O–H groups in total. The summed E-state index contributed by atoms with van der Waals surface area (Å²) in [5.74, 6) is -2.11. The molecule has 1 aromatic heterocycles. The lowest BCUT2D eigenvalue weighted by Crippen LogP contribution is -2.50. The highest BCUT2D eigenvalue weighted by Gasteiger charge is 2.47. The summed E-state index contributed by atoms with van der Waals surface area (Å²) in [5, 5.41) is 7.10. The van der Waals surface area contributed by atoms with E-state index in [1.54, 1.807) is 43.5 Å². The number of amides is 4. The summed E-state index contributed by atoms with van der Waals surface area (Å²) in [4.78, 5) is 68.9. The first kappa shape index (κ1) is 28.4. The fraction of sp³-hybridized carbons (Fsp3) is 0.286. The monoisotopic (exact) mass is 564 g/mol. The average Bonchev–Trinajstić information content (AvgIpc) is 3.56. The molecule has 11 nitrogen and oxygen atoms in total. The number of nitrogens with zero attached hydrogens (tertiary/aromatic N) is 2. The topological polar surface area (TPSA) is 144 Å². The van der Waals surface area contributed by atoms with Crippen LogP contribution in [0.5, 0.6) is 5.75 Å². The van der Waals surface area contributed by atoms with Crippen molar-refractivity contribution in [3.63, 3.8) is 0 Å². The van der Waals surface area contributed by atoms with Crippen LogP contribution in [0.15, 0.2) is 60.0 Å². The number of urea groups is 1. The van der Waals surface area contributed by atoms with Gasteiger partial charge in [-0.25, -0.2) is 19.5 Å².